The van der Waals surface area contributed by atoms with Crippen LogP contribution in [0.4, 0.5) is 18.0 Å². The van der Waals surface area contributed by atoms with Crippen LogP contribution >= 0.6 is 0 Å². The summed E-state index contributed by atoms with van der Waals surface area (Å²) in [5.41, 5.74) is 1.13. The monoisotopic (exact) mass is 433 g/mol. The molecule has 2 N–H and O–H groups in total. The summed E-state index contributed by atoms with van der Waals surface area (Å²) in [7, 11) is 0. The zero-order chi connectivity index (χ0) is 22.2. The van der Waals surface area contributed by atoms with Crippen molar-refractivity contribution in [2.24, 2.45) is 0 Å². The maximum absolute atomic E-state index is 12.7. The summed E-state index contributed by atoms with van der Waals surface area (Å²) >= 11 is 0. The molecule has 31 heavy (non-hydrogen) atoms. The van der Waals surface area contributed by atoms with E-state index in [0.717, 1.165) is 23.3 Å². The van der Waals surface area contributed by atoms with Crippen LogP contribution in [0.25, 0.3) is 0 Å². The third-order valence-electron chi connectivity index (χ3n) is 5.20. The lowest BCUT2D eigenvalue weighted by molar-refractivity contribution is -0.137. The van der Waals surface area contributed by atoms with Crippen molar-refractivity contribution < 1.29 is 32.3 Å². The molecule has 0 aromatic heterocycles. The van der Waals surface area contributed by atoms with Gasteiger partial charge in [-0.05, 0) is 53.9 Å². The Morgan fingerprint density at radius 3 is 2.42 bits per heavy atom. The second kappa shape index (κ2) is 7.93. The van der Waals surface area contributed by atoms with Crippen molar-refractivity contribution in [3.63, 3.8) is 0 Å². The smallest absolute Gasteiger partial charge is 0.416 e. The Balaban J connectivity index is 1.42. The van der Waals surface area contributed by atoms with E-state index in [9.17, 15) is 27.6 Å². The van der Waals surface area contributed by atoms with E-state index in [1.54, 1.807) is 17.0 Å². The van der Waals surface area contributed by atoms with Crippen LogP contribution in [-0.4, -0.2) is 35.3 Å². The largest absolute Gasteiger partial charge is 0.457 e. The van der Waals surface area contributed by atoms with E-state index in [2.05, 4.69) is 10.6 Å². The number of benzene rings is 2. The van der Waals surface area contributed by atoms with Gasteiger partial charge in [0.15, 0.2) is 0 Å². The number of carbonyl (C=O) groups is 3. The van der Waals surface area contributed by atoms with Gasteiger partial charge in [0.25, 0.3) is 5.91 Å². The van der Waals surface area contributed by atoms with Gasteiger partial charge in [0.2, 0.25) is 5.91 Å². The number of ether oxygens (including phenoxy) is 1. The number of carbonyl (C=O) groups excluding carboxylic acids is 3. The summed E-state index contributed by atoms with van der Waals surface area (Å²) in [5, 5.41) is 4.50. The minimum Gasteiger partial charge on any atom is -0.457 e. The average molecular weight is 433 g/mol. The van der Waals surface area contributed by atoms with E-state index in [-0.39, 0.29) is 18.1 Å². The molecule has 0 saturated carbocycles. The third kappa shape index (κ3) is 4.62. The van der Waals surface area contributed by atoms with E-state index in [4.69, 9.17) is 4.74 Å². The normalized spacial score (nSPS) is 18.3. The molecule has 0 aliphatic carbocycles. The van der Waals surface area contributed by atoms with E-state index in [1.165, 1.54) is 12.1 Å². The molecular formula is C21H18F3N3O4. The summed E-state index contributed by atoms with van der Waals surface area (Å²) in [6, 6.07) is 8.24. The Kier molecular flexibility index (Phi) is 5.30. The van der Waals surface area contributed by atoms with Crippen molar-refractivity contribution in [3.05, 3.63) is 59.2 Å². The van der Waals surface area contributed by atoms with Crippen molar-refractivity contribution >= 4 is 17.8 Å². The van der Waals surface area contributed by atoms with Gasteiger partial charge in [-0.25, -0.2) is 4.79 Å². The molecular weight excluding hydrogens is 415 g/mol. The number of rotatable bonds is 4. The molecule has 2 heterocycles. The van der Waals surface area contributed by atoms with Crippen molar-refractivity contribution in [1.29, 1.82) is 0 Å². The molecule has 162 valence electrons. The minimum atomic E-state index is -4.41. The Morgan fingerprint density at radius 2 is 1.77 bits per heavy atom. The third-order valence-corrected chi connectivity index (χ3v) is 5.20. The molecule has 1 unspecified atom stereocenters. The Hall–Kier alpha value is -3.56. The number of hydrogen-bond acceptors (Lipinski definition) is 4. The first-order chi connectivity index (χ1) is 14.7. The first kappa shape index (κ1) is 20.7. The second-order valence-corrected chi connectivity index (χ2v) is 7.34. The molecule has 1 atom stereocenters. The topological polar surface area (TPSA) is 87.7 Å². The van der Waals surface area contributed by atoms with Gasteiger partial charge in [0.1, 0.15) is 17.5 Å². The molecule has 0 radical (unpaired) electrons. The Bertz CT molecular complexity index is 1040. The maximum atomic E-state index is 12.7. The fourth-order valence-electron chi connectivity index (χ4n) is 3.56. The van der Waals surface area contributed by atoms with Gasteiger partial charge in [0.05, 0.1) is 12.0 Å². The fraction of sp³-hybridized carbons (Fsp3) is 0.286. The van der Waals surface area contributed by atoms with Gasteiger partial charge < -0.3 is 15.0 Å². The zero-order valence-corrected chi connectivity index (χ0v) is 16.2. The zero-order valence-electron chi connectivity index (χ0n) is 16.2. The summed E-state index contributed by atoms with van der Waals surface area (Å²) in [6.07, 6.45) is -3.93. The van der Waals surface area contributed by atoms with Crippen LogP contribution < -0.4 is 15.4 Å². The van der Waals surface area contributed by atoms with Gasteiger partial charge >= 0.3 is 12.2 Å². The van der Waals surface area contributed by atoms with Crippen LogP contribution in [-0.2, 0) is 28.7 Å². The SMILES string of the molecule is O=C1NC(=O)C(CC(=O)N2CCc3ccc(Oc4ccc(C(F)(F)F)cc4)cc3C2)N1. The van der Waals surface area contributed by atoms with Crippen LogP contribution in [0.3, 0.4) is 0 Å². The molecule has 2 aromatic rings. The number of amides is 4. The van der Waals surface area contributed by atoms with Crippen molar-refractivity contribution in [1.82, 2.24) is 15.5 Å². The quantitative estimate of drug-likeness (QED) is 0.726. The number of imide groups is 1. The van der Waals surface area contributed by atoms with Crippen LogP contribution in [0.2, 0.25) is 0 Å². The van der Waals surface area contributed by atoms with Crippen LogP contribution in [0.15, 0.2) is 42.5 Å². The fourth-order valence-corrected chi connectivity index (χ4v) is 3.56. The highest BCUT2D eigenvalue weighted by molar-refractivity contribution is 6.05. The summed E-state index contributed by atoms with van der Waals surface area (Å²) in [6.45, 7) is 0.786. The van der Waals surface area contributed by atoms with Crippen LogP contribution in [0.1, 0.15) is 23.1 Å². The van der Waals surface area contributed by atoms with E-state index in [1.807, 2.05) is 6.07 Å². The number of alkyl halides is 3. The van der Waals surface area contributed by atoms with Crippen LogP contribution in [0.5, 0.6) is 11.5 Å². The van der Waals surface area contributed by atoms with Gasteiger partial charge in [-0.15, -0.1) is 0 Å². The number of urea groups is 1. The molecule has 7 nitrogen and oxygen atoms in total. The lowest BCUT2D eigenvalue weighted by atomic mass is 9.99. The molecule has 2 aliphatic heterocycles. The summed E-state index contributed by atoms with van der Waals surface area (Å²) in [5.74, 6) is -0.0834. The van der Waals surface area contributed by atoms with Gasteiger partial charge in [-0.3, -0.25) is 14.9 Å². The van der Waals surface area contributed by atoms with Crippen molar-refractivity contribution in [2.45, 2.75) is 31.6 Å². The van der Waals surface area contributed by atoms with Crippen LogP contribution in [0, 0.1) is 0 Å². The molecule has 0 spiro atoms. The average Bonchev–Trinajstić information content (AvgIpc) is 3.03. The highest BCUT2D eigenvalue weighted by Gasteiger charge is 2.33. The molecule has 4 amide bonds. The second-order valence-electron chi connectivity index (χ2n) is 7.34. The number of nitrogens with one attached hydrogen (secondary N) is 2. The molecule has 10 heteroatoms. The van der Waals surface area contributed by atoms with Gasteiger partial charge in [-0.2, -0.15) is 13.2 Å². The lowest BCUT2D eigenvalue weighted by Crippen LogP contribution is -2.41. The molecule has 0 bridgehead atoms. The Labute approximate surface area is 175 Å². The van der Waals surface area contributed by atoms with Crippen molar-refractivity contribution in [3.8, 4) is 11.5 Å². The minimum absolute atomic E-state index is 0.130. The van der Waals surface area contributed by atoms with Crippen molar-refractivity contribution in [2.75, 3.05) is 6.54 Å². The van der Waals surface area contributed by atoms with E-state index < -0.39 is 29.7 Å². The molecule has 4 rings (SSSR count). The number of nitrogens with zero attached hydrogens (tertiary/aromatic N) is 1. The summed E-state index contributed by atoms with van der Waals surface area (Å²) in [4.78, 5) is 37.0. The van der Waals surface area contributed by atoms with E-state index in [0.29, 0.717) is 25.3 Å². The standard InChI is InChI=1S/C21H18F3N3O4/c22-21(23,24)14-2-5-15(6-3-14)31-16-4-1-12-7-8-27(11-13(12)9-16)18(28)10-17-19(29)26-20(30)25-17/h1-6,9,17H,7-8,10-11H2,(H2,25,26,29,30). The highest BCUT2D eigenvalue weighted by atomic mass is 19.4. The predicted octanol–water partition coefficient (Wildman–Crippen LogP) is 2.98. The Morgan fingerprint density at radius 1 is 1.06 bits per heavy atom. The van der Waals surface area contributed by atoms with Gasteiger partial charge in [-0.1, -0.05) is 6.07 Å². The highest BCUT2D eigenvalue weighted by Crippen LogP contribution is 2.32. The first-order valence-corrected chi connectivity index (χ1v) is 9.55. The van der Waals surface area contributed by atoms with E-state index >= 15 is 0 Å². The molecule has 2 aliphatic rings. The molecule has 1 fully saturated rings. The molecule has 2 aromatic carbocycles. The number of hydrogen-bond donors (Lipinski definition) is 2. The first-order valence-electron chi connectivity index (χ1n) is 9.55. The predicted molar refractivity (Wildman–Crippen MR) is 102 cm³/mol. The maximum Gasteiger partial charge on any atom is 0.416 e. The molecule has 1 saturated heterocycles. The number of fused-ring (bicyclic) bond motifs is 1. The lowest BCUT2D eigenvalue weighted by Gasteiger charge is -2.29. The summed E-state index contributed by atoms with van der Waals surface area (Å²) < 4.78 is 43.7. The van der Waals surface area contributed by atoms with Gasteiger partial charge in [0, 0.05) is 13.1 Å². The number of halogens is 3.